The van der Waals surface area contributed by atoms with Crippen molar-refractivity contribution in [2.75, 3.05) is 18.8 Å². The molecule has 1 aliphatic rings. The summed E-state index contributed by atoms with van der Waals surface area (Å²) in [6.07, 6.45) is 5.06. The Labute approximate surface area is 134 Å². The summed E-state index contributed by atoms with van der Waals surface area (Å²) < 4.78 is 26.6. The molecule has 0 amide bonds. The highest BCUT2D eigenvalue weighted by Crippen LogP contribution is 2.36. The van der Waals surface area contributed by atoms with Gasteiger partial charge in [-0.1, -0.05) is 0 Å². The van der Waals surface area contributed by atoms with Crippen molar-refractivity contribution in [1.82, 2.24) is 20.2 Å². The molecule has 0 spiro atoms. The summed E-state index contributed by atoms with van der Waals surface area (Å²) in [5.74, 6) is 2.09. The molecule has 1 unspecified atom stereocenters. The van der Waals surface area contributed by atoms with Gasteiger partial charge in [0.1, 0.15) is 12.4 Å². The number of guanidine groups is 1. The number of aliphatic imine (C=N–C) groups is 1. The van der Waals surface area contributed by atoms with Crippen LogP contribution in [0.3, 0.4) is 0 Å². The van der Waals surface area contributed by atoms with Gasteiger partial charge < -0.3 is 10.6 Å². The zero-order chi connectivity index (χ0) is 16.0. The molecule has 1 aromatic heterocycles. The third-order valence-electron chi connectivity index (χ3n) is 3.61. The fourth-order valence-corrected chi connectivity index (χ4v) is 3.63. The van der Waals surface area contributed by atoms with Crippen LogP contribution in [0, 0.1) is 0 Å². The van der Waals surface area contributed by atoms with Crippen molar-refractivity contribution >= 4 is 17.7 Å². The van der Waals surface area contributed by atoms with Gasteiger partial charge in [0, 0.05) is 30.2 Å². The maximum Gasteiger partial charge on any atom is 0.319 e. The lowest BCUT2D eigenvalue weighted by atomic mass is 10.1. The summed E-state index contributed by atoms with van der Waals surface area (Å²) in [7, 11) is 0. The minimum atomic E-state index is -2.59. The zero-order valence-corrected chi connectivity index (χ0v) is 13.8. The monoisotopic (exact) mass is 331 g/mol. The fourth-order valence-electron chi connectivity index (χ4n) is 2.38. The number of thioether (sulfide) groups is 1. The Bertz CT molecular complexity index is 497. The van der Waals surface area contributed by atoms with E-state index in [1.165, 1.54) is 31.0 Å². The Kier molecular flexibility index (Phi) is 6.05. The van der Waals surface area contributed by atoms with E-state index < -0.39 is 6.55 Å². The van der Waals surface area contributed by atoms with Crippen molar-refractivity contribution in [2.24, 2.45) is 4.99 Å². The highest BCUT2D eigenvalue weighted by Gasteiger charge is 2.29. The van der Waals surface area contributed by atoms with E-state index in [0.29, 0.717) is 5.96 Å². The highest BCUT2D eigenvalue weighted by molar-refractivity contribution is 8.00. The topological polar surface area (TPSA) is 54.2 Å². The van der Waals surface area contributed by atoms with E-state index in [0.717, 1.165) is 17.7 Å². The average molecular weight is 331 g/mol. The summed E-state index contributed by atoms with van der Waals surface area (Å²) >= 11 is 1.97. The maximum absolute atomic E-state index is 12.8. The van der Waals surface area contributed by atoms with Crippen LogP contribution in [0.15, 0.2) is 17.4 Å². The van der Waals surface area contributed by atoms with Gasteiger partial charge in [-0.15, -0.1) is 0 Å². The van der Waals surface area contributed by atoms with E-state index in [1.54, 1.807) is 0 Å². The quantitative estimate of drug-likeness (QED) is 0.621. The summed E-state index contributed by atoms with van der Waals surface area (Å²) in [5.41, 5.74) is 0. The first-order valence-corrected chi connectivity index (χ1v) is 8.48. The normalized spacial score (nSPS) is 22.3. The van der Waals surface area contributed by atoms with Gasteiger partial charge in [0.05, 0.1) is 0 Å². The van der Waals surface area contributed by atoms with E-state index in [9.17, 15) is 8.78 Å². The molecule has 1 aliphatic heterocycles. The molecular formula is C14H23F2N5S. The number of nitrogens with one attached hydrogen (secondary N) is 2. The summed E-state index contributed by atoms with van der Waals surface area (Å²) in [4.78, 5) is 8.30. The van der Waals surface area contributed by atoms with Crippen LogP contribution in [0.1, 0.15) is 39.1 Å². The first-order valence-electron chi connectivity index (χ1n) is 7.50. The van der Waals surface area contributed by atoms with Gasteiger partial charge in [0.2, 0.25) is 0 Å². The third kappa shape index (κ3) is 4.59. The molecule has 2 N–H and O–H groups in total. The highest BCUT2D eigenvalue weighted by atomic mass is 32.2. The Morgan fingerprint density at radius 3 is 3.00 bits per heavy atom. The molecule has 0 aromatic carbocycles. The van der Waals surface area contributed by atoms with Gasteiger partial charge in [0.15, 0.2) is 5.96 Å². The number of halogens is 2. The lowest BCUT2D eigenvalue weighted by Gasteiger charge is -2.24. The van der Waals surface area contributed by atoms with E-state index >= 15 is 0 Å². The molecule has 0 radical (unpaired) electrons. The largest absolute Gasteiger partial charge is 0.357 e. The predicted octanol–water partition coefficient (Wildman–Crippen LogP) is 2.62. The molecule has 1 saturated heterocycles. The molecule has 0 aliphatic carbocycles. The fraction of sp³-hybridized carbons (Fsp3) is 0.714. The van der Waals surface area contributed by atoms with Gasteiger partial charge in [-0.25, -0.2) is 9.98 Å². The van der Waals surface area contributed by atoms with Crippen molar-refractivity contribution in [1.29, 1.82) is 0 Å². The van der Waals surface area contributed by atoms with E-state index in [1.807, 2.05) is 18.7 Å². The molecular weight excluding hydrogens is 308 g/mol. The first kappa shape index (κ1) is 17.1. The molecule has 22 heavy (non-hydrogen) atoms. The molecule has 1 aromatic rings. The van der Waals surface area contributed by atoms with Crippen molar-refractivity contribution in [3.8, 4) is 0 Å². The second kappa shape index (κ2) is 7.80. The molecule has 124 valence electrons. The number of imidazole rings is 1. The molecule has 0 bridgehead atoms. The Morgan fingerprint density at radius 2 is 2.36 bits per heavy atom. The van der Waals surface area contributed by atoms with Gasteiger partial charge in [-0.2, -0.15) is 20.5 Å². The van der Waals surface area contributed by atoms with Gasteiger partial charge >= 0.3 is 6.55 Å². The molecule has 8 heteroatoms. The molecule has 1 atom stereocenters. The minimum absolute atomic E-state index is 0.122. The van der Waals surface area contributed by atoms with Gasteiger partial charge in [-0.05, 0) is 32.4 Å². The molecule has 5 nitrogen and oxygen atoms in total. The summed E-state index contributed by atoms with van der Waals surface area (Å²) in [6, 6.07) is 0. The third-order valence-corrected chi connectivity index (χ3v) is 5.15. The number of aromatic nitrogens is 2. The number of hydrogen-bond acceptors (Lipinski definition) is 3. The van der Waals surface area contributed by atoms with E-state index in [2.05, 4.69) is 27.5 Å². The Morgan fingerprint density at radius 1 is 1.55 bits per heavy atom. The smallest absolute Gasteiger partial charge is 0.319 e. The standard InChI is InChI=1S/C14H23F2N5S/c1-3-17-13(20-10-14(2)5-4-8-22-14)19-9-11-18-6-7-21(11)12(15)16/h6-7,12H,3-5,8-10H2,1-2H3,(H2,17,19,20). The second-order valence-corrected chi connectivity index (χ2v) is 7.16. The number of nitrogens with zero attached hydrogens (tertiary/aromatic N) is 3. The van der Waals surface area contributed by atoms with Crippen LogP contribution in [0.5, 0.6) is 0 Å². The summed E-state index contributed by atoms with van der Waals surface area (Å²) in [5, 5.41) is 6.45. The minimum Gasteiger partial charge on any atom is -0.357 e. The number of rotatable bonds is 6. The van der Waals surface area contributed by atoms with Crippen molar-refractivity contribution in [3.63, 3.8) is 0 Å². The lowest BCUT2D eigenvalue weighted by molar-refractivity contribution is 0.0671. The van der Waals surface area contributed by atoms with E-state index in [-0.39, 0.29) is 17.1 Å². The van der Waals surface area contributed by atoms with E-state index in [4.69, 9.17) is 0 Å². The second-order valence-electron chi connectivity index (χ2n) is 5.48. The van der Waals surface area contributed by atoms with Crippen LogP contribution >= 0.6 is 11.8 Å². The van der Waals surface area contributed by atoms with Crippen LogP contribution in [0.4, 0.5) is 8.78 Å². The average Bonchev–Trinajstić information content (AvgIpc) is 3.11. The maximum atomic E-state index is 12.8. The molecule has 0 saturated carbocycles. The molecule has 1 fully saturated rings. The van der Waals surface area contributed by atoms with Gasteiger partial charge in [0.25, 0.3) is 0 Å². The number of alkyl halides is 2. The van der Waals surface area contributed by atoms with Crippen LogP contribution in [0.25, 0.3) is 0 Å². The van der Waals surface area contributed by atoms with Gasteiger partial charge in [-0.3, -0.25) is 4.57 Å². The van der Waals surface area contributed by atoms with Crippen LogP contribution in [0.2, 0.25) is 0 Å². The SMILES string of the molecule is CCNC(=NCc1nccn1C(F)F)NCC1(C)CCCS1. The molecule has 2 rings (SSSR count). The lowest BCUT2D eigenvalue weighted by Crippen LogP contribution is -2.43. The molecule has 2 heterocycles. The Balaban J connectivity index is 1.96. The zero-order valence-electron chi connectivity index (χ0n) is 13.0. The Hall–Kier alpha value is -1.31. The predicted molar refractivity (Wildman–Crippen MR) is 86.4 cm³/mol. The number of hydrogen-bond donors (Lipinski definition) is 2. The first-order chi connectivity index (χ1) is 10.5. The van der Waals surface area contributed by atoms with Crippen molar-refractivity contribution in [2.45, 2.75) is 44.5 Å². The van der Waals surface area contributed by atoms with Crippen molar-refractivity contribution < 1.29 is 8.78 Å². The van der Waals surface area contributed by atoms with Crippen molar-refractivity contribution in [3.05, 3.63) is 18.2 Å². The van der Waals surface area contributed by atoms with Crippen LogP contribution in [-0.4, -0.2) is 39.1 Å². The van der Waals surface area contributed by atoms with Crippen LogP contribution in [-0.2, 0) is 6.54 Å². The summed E-state index contributed by atoms with van der Waals surface area (Å²) in [6.45, 7) is 3.29. The van der Waals surface area contributed by atoms with Crippen LogP contribution < -0.4 is 10.6 Å².